The number of hydrogen-bond acceptors (Lipinski definition) is 3. The zero-order valence-electron chi connectivity index (χ0n) is 13.3. The first-order valence-electron chi connectivity index (χ1n) is 7.75. The van der Waals surface area contributed by atoms with Crippen LogP contribution in [0.5, 0.6) is 0 Å². The van der Waals surface area contributed by atoms with Crippen molar-refractivity contribution in [1.82, 2.24) is 5.32 Å². The van der Waals surface area contributed by atoms with Crippen molar-refractivity contribution < 1.29 is 27.2 Å². The van der Waals surface area contributed by atoms with Crippen molar-refractivity contribution in [1.29, 1.82) is 0 Å². The van der Waals surface area contributed by atoms with E-state index in [1.165, 1.54) is 42.5 Å². The Balaban J connectivity index is 1.70. The van der Waals surface area contributed by atoms with Crippen LogP contribution in [-0.2, 0) is 9.63 Å². The van der Waals surface area contributed by atoms with Gasteiger partial charge in [-0.2, -0.15) is 13.2 Å². The largest absolute Gasteiger partial charge is 0.412 e. The predicted molar refractivity (Wildman–Crippen MR) is 85.8 cm³/mol. The summed E-state index contributed by atoms with van der Waals surface area (Å²) >= 11 is 0. The van der Waals surface area contributed by atoms with E-state index >= 15 is 0 Å². The lowest BCUT2D eigenvalue weighted by Gasteiger charge is -2.23. The van der Waals surface area contributed by atoms with E-state index in [2.05, 4.69) is 5.16 Å². The van der Waals surface area contributed by atoms with Crippen LogP contribution in [0.2, 0.25) is 0 Å². The topological polar surface area (TPSA) is 50.7 Å². The number of alkyl halides is 3. The zero-order chi connectivity index (χ0) is 18.7. The highest BCUT2D eigenvalue weighted by Crippen LogP contribution is 2.33. The van der Waals surface area contributed by atoms with E-state index in [4.69, 9.17) is 4.84 Å². The molecule has 0 aliphatic carbocycles. The molecule has 0 saturated heterocycles. The number of carbonyl (C=O) groups excluding carboxylic acids is 1. The lowest BCUT2D eigenvalue weighted by molar-refractivity contribution is -0.166. The maximum Gasteiger partial charge on any atom is 0.412 e. The van der Waals surface area contributed by atoms with E-state index in [-0.39, 0.29) is 12.0 Å². The first-order chi connectivity index (χ1) is 12.3. The molecule has 1 amide bonds. The summed E-state index contributed by atoms with van der Waals surface area (Å²) in [6.45, 7) is 0. The molecular formula is C18H14F4N2O2. The Bertz CT molecular complexity index is 821. The number of carbonyl (C=O) groups is 1. The highest BCUT2D eigenvalue weighted by Gasteiger charge is 2.43. The van der Waals surface area contributed by atoms with Crippen molar-refractivity contribution >= 4 is 11.6 Å². The van der Waals surface area contributed by atoms with Gasteiger partial charge in [-0.25, -0.2) is 4.39 Å². The van der Waals surface area contributed by atoms with Gasteiger partial charge in [-0.1, -0.05) is 47.6 Å². The summed E-state index contributed by atoms with van der Waals surface area (Å²) in [5, 5.41) is 5.66. The highest BCUT2D eigenvalue weighted by atomic mass is 19.4. The fourth-order valence-electron chi connectivity index (χ4n) is 2.59. The van der Waals surface area contributed by atoms with Crippen molar-refractivity contribution in [2.75, 3.05) is 0 Å². The zero-order valence-corrected chi connectivity index (χ0v) is 13.3. The molecule has 0 saturated carbocycles. The van der Waals surface area contributed by atoms with Crippen LogP contribution in [0.25, 0.3) is 0 Å². The lowest BCUT2D eigenvalue weighted by Crippen LogP contribution is -2.43. The molecule has 1 heterocycles. The van der Waals surface area contributed by atoms with Crippen LogP contribution < -0.4 is 5.32 Å². The average Bonchev–Trinajstić information content (AvgIpc) is 3.09. The molecule has 0 spiro atoms. The molecule has 2 aromatic carbocycles. The molecule has 0 fully saturated rings. The Labute approximate surface area is 146 Å². The quantitative estimate of drug-likeness (QED) is 0.838. The SMILES string of the molecule is O=C(NC(c1ccccc1)C(F)(F)F)C1CC(c2cccc(F)c2)=NO1. The maximum atomic E-state index is 13.3. The predicted octanol–water partition coefficient (Wildman–Crippen LogP) is 3.74. The third kappa shape index (κ3) is 4.01. The van der Waals surface area contributed by atoms with E-state index in [1.54, 1.807) is 12.1 Å². The van der Waals surface area contributed by atoms with Crippen LogP contribution in [0.15, 0.2) is 59.8 Å². The van der Waals surface area contributed by atoms with Crippen molar-refractivity contribution in [3.05, 3.63) is 71.5 Å². The molecule has 0 aromatic heterocycles. The van der Waals surface area contributed by atoms with Crippen molar-refractivity contribution in [3.8, 4) is 0 Å². The molecule has 0 bridgehead atoms. The molecular weight excluding hydrogens is 352 g/mol. The number of rotatable bonds is 4. The molecule has 2 atom stereocenters. The van der Waals surface area contributed by atoms with Gasteiger partial charge >= 0.3 is 6.18 Å². The van der Waals surface area contributed by atoms with Gasteiger partial charge in [0, 0.05) is 12.0 Å². The van der Waals surface area contributed by atoms with Gasteiger partial charge in [-0.15, -0.1) is 0 Å². The number of hydrogen-bond donors (Lipinski definition) is 1. The number of nitrogens with zero attached hydrogens (tertiary/aromatic N) is 1. The maximum absolute atomic E-state index is 13.3. The van der Waals surface area contributed by atoms with Crippen LogP contribution in [0.3, 0.4) is 0 Å². The minimum atomic E-state index is -4.66. The van der Waals surface area contributed by atoms with E-state index < -0.39 is 30.0 Å². The Morgan fingerprint density at radius 3 is 2.54 bits per heavy atom. The summed E-state index contributed by atoms with van der Waals surface area (Å²) in [5.74, 6) is -1.43. The fraction of sp³-hybridized carbons (Fsp3) is 0.222. The van der Waals surface area contributed by atoms with Crippen molar-refractivity contribution in [3.63, 3.8) is 0 Å². The molecule has 26 heavy (non-hydrogen) atoms. The molecule has 1 aliphatic rings. The number of halogens is 4. The van der Waals surface area contributed by atoms with Gasteiger partial charge in [0.15, 0.2) is 6.04 Å². The van der Waals surface area contributed by atoms with E-state index in [0.29, 0.717) is 11.3 Å². The Hall–Kier alpha value is -2.90. The standard InChI is InChI=1S/C18H14F4N2O2/c19-13-8-4-7-12(9-13)14-10-15(26-24-14)17(25)23-16(18(20,21)22)11-5-2-1-3-6-11/h1-9,15-16H,10H2,(H,23,25). The third-order valence-corrected chi connectivity index (χ3v) is 3.87. The van der Waals surface area contributed by atoms with Crippen molar-refractivity contribution in [2.24, 2.45) is 5.16 Å². The molecule has 136 valence electrons. The van der Waals surface area contributed by atoms with Gasteiger partial charge in [0.25, 0.3) is 5.91 Å². The Morgan fingerprint density at radius 1 is 1.15 bits per heavy atom. The van der Waals surface area contributed by atoms with E-state index in [9.17, 15) is 22.4 Å². The summed E-state index contributed by atoms with van der Waals surface area (Å²) in [7, 11) is 0. The number of amides is 1. The van der Waals surface area contributed by atoms with E-state index in [1.807, 2.05) is 5.32 Å². The number of benzene rings is 2. The Kier molecular flexibility index (Phi) is 4.92. The average molecular weight is 366 g/mol. The summed E-state index contributed by atoms with van der Waals surface area (Å²) in [5.41, 5.74) is 0.626. The van der Waals surface area contributed by atoms with Crippen molar-refractivity contribution in [2.45, 2.75) is 24.7 Å². The van der Waals surface area contributed by atoms with Crippen LogP contribution in [-0.4, -0.2) is 23.9 Å². The second kappa shape index (κ2) is 7.15. The van der Waals surface area contributed by atoms with Crippen LogP contribution in [0, 0.1) is 5.82 Å². The van der Waals surface area contributed by atoms with Gasteiger partial charge in [-0.3, -0.25) is 4.79 Å². The minimum Gasteiger partial charge on any atom is -0.382 e. The molecule has 1 aliphatic heterocycles. The molecule has 0 radical (unpaired) electrons. The normalized spacial score (nSPS) is 18.0. The molecule has 3 rings (SSSR count). The van der Waals surface area contributed by atoms with Gasteiger partial charge in [-0.05, 0) is 17.7 Å². The lowest BCUT2D eigenvalue weighted by atomic mass is 10.0. The molecule has 1 N–H and O–H groups in total. The summed E-state index contributed by atoms with van der Waals surface area (Å²) in [4.78, 5) is 17.2. The molecule has 8 heteroatoms. The first-order valence-corrected chi connectivity index (χ1v) is 7.75. The van der Waals surface area contributed by atoms with Gasteiger partial charge in [0.05, 0.1) is 5.71 Å². The van der Waals surface area contributed by atoms with Crippen LogP contribution >= 0.6 is 0 Å². The minimum absolute atomic E-state index is 0.0470. The molecule has 4 nitrogen and oxygen atoms in total. The smallest absolute Gasteiger partial charge is 0.382 e. The number of nitrogens with one attached hydrogen (secondary N) is 1. The second-order valence-corrected chi connectivity index (χ2v) is 5.74. The van der Waals surface area contributed by atoms with Crippen LogP contribution in [0.1, 0.15) is 23.6 Å². The van der Waals surface area contributed by atoms with Gasteiger partial charge in [0.2, 0.25) is 6.10 Å². The number of oxime groups is 1. The summed E-state index contributed by atoms with van der Waals surface area (Å²) in [6.07, 6.45) is -5.92. The monoisotopic (exact) mass is 366 g/mol. The highest BCUT2D eigenvalue weighted by molar-refractivity contribution is 6.04. The molecule has 2 unspecified atom stereocenters. The summed E-state index contributed by atoms with van der Waals surface area (Å²) < 4.78 is 53.2. The first kappa shape index (κ1) is 17.9. The van der Waals surface area contributed by atoms with Gasteiger partial charge < -0.3 is 10.2 Å². The second-order valence-electron chi connectivity index (χ2n) is 5.74. The van der Waals surface area contributed by atoms with Crippen LogP contribution in [0.4, 0.5) is 17.6 Å². The van der Waals surface area contributed by atoms with Gasteiger partial charge in [0.1, 0.15) is 5.82 Å². The van der Waals surface area contributed by atoms with E-state index in [0.717, 1.165) is 0 Å². The third-order valence-electron chi connectivity index (χ3n) is 3.87. The molecule has 2 aromatic rings. The summed E-state index contributed by atoms with van der Waals surface area (Å²) in [6, 6.07) is 10.4. The fourth-order valence-corrected chi connectivity index (χ4v) is 2.59. The Morgan fingerprint density at radius 2 is 1.88 bits per heavy atom.